The topological polar surface area (TPSA) is 118 Å². The number of hydrogen-bond donors (Lipinski definition) is 1. The predicted octanol–water partition coefficient (Wildman–Crippen LogP) is -1.92. The molecule has 0 fully saturated rings. The average molecular weight is 233 g/mol. The normalized spacial score (nSPS) is 10.1. The van der Waals surface area contributed by atoms with Gasteiger partial charge in [-0.1, -0.05) is 5.21 Å². The second kappa shape index (κ2) is 4.01. The minimum Gasteiger partial charge on any atom is -0.337 e. The Kier molecular flexibility index (Phi) is 2.54. The molecule has 0 unspecified atom stereocenters. The summed E-state index contributed by atoms with van der Waals surface area (Å²) in [6.07, 6.45) is 1.19. The van der Waals surface area contributed by atoms with E-state index in [-0.39, 0.29) is 17.9 Å². The van der Waals surface area contributed by atoms with Crippen molar-refractivity contribution in [3.05, 3.63) is 22.5 Å². The lowest BCUT2D eigenvalue weighted by Crippen LogP contribution is -2.28. The van der Waals surface area contributed by atoms with Gasteiger partial charge in [0.1, 0.15) is 12.9 Å². The molecule has 0 atom stereocenters. The van der Waals surface area contributed by atoms with E-state index < -0.39 is 11.6 Å². The van der Waals surface area contributed by atoms with E-state index in [1.165, 1.54) is 13.4 Å². The number of aromatic nitrogens is 5. The Morgan fingerprint density at radius 2 is 2.41 bits per heavy atom. The Hall–Kier alpha value is -2.76. The molecule has 0 radical (unpaired) electrons. The molecule has 1 amide bonds. The van der Waals surface area contributed by atoms with Crippen LogP contribution in [0.15, 0.2) is 11.1 Å². The first-order valence-corrected chi connectivity index (χ1v) is 4.57. The molecule has 9 heteroatoms. The highest BCUT2D eigenvalue weighted by Crippen LogP contribution is 2.01. The lowest BCUT2D eigenvalue weighted by atomic mass is 10.4. The molecule has 2 heterocycles. The Bertz CT molecular complexity index is 677. The molecule has 17 heavy (non-hydrogen) atoms. The van der Waals surface area contributed by atoms with E-state index in [0.717, 1.165) is 9.08 Å². The summed E-state index contributed by atoms with van der Waals surface area (Å²) in [5.41, 5.74) is -0.434. The van der Waals surface area contributed by atoms with Crippen LogP contribution in [0.5, 0.6) is 0 Å². The molecule has 9 nitrogen and oxygen atoms in total. The smallest absolute Gasteiger partial charge is 0.337 e. The molecule has 86 valence electrons. The van der Waals surface area contributed by atoms with Gasteiger partial charge in [-0.15, -0.1) is 5.10 Å². The van der Waals surface area contributed by atoms with Crippen LogP contribution in [0.1, 0.15) is 10.5 Å². The standard InChI is InChI=1S/C8H7N7O2/c1-14-8(17)15-4-11-5(6(15)12-13-14)7(16)10-3-2-9/h4H,3H2,1H3,(H,10,16). The number of hydrogen-bond acceptors (Lipinski definition) is 6. The number of carbonyl (C=O) groups excluding carboxylic acids is 1. The molecule has 2 aromatic rings. The van der Waals surface area contributed by atoms with E-state index in [1.54, 1.807) is 6.07 Å². The maximum atomic E-state index is 11.6. The van der Waals surface area contributed by atoms with Crippen LogP contribution in [0, 0.1) is 11.3 Å². The summed E-state index contributed by atoms with van der Waals surface area (Å²) in [5, 5.41) is 17.9. The van der Waals surface area contributed by atoms with Crippen molar-refractivity contribution < 1.29 is 4.79 Å². The molecule has 0 aliphatic carbocycles. The molecule has 0 aromatic carbocycles. The van der Waals surface area contributed by atoms with E-state index >= 15 is 0 Å². The van der Waals surface area contributed by atoms with Gasteiger partial charge in [-0.05, 0) is 0 Å². The van der Waals surface area contributed by atoms with E-state index in [2.05, 4.69) is 20.6 Å². The Morgan fingerprint density at radius 1 is 1.65 bits per heavy atom. The number of carbonyl (C=O) groups is 1. The molecule has 0 bridgehead atoms. The summed E-state index contributed by atoms with van der Waals surface area (Å²) in [4.78, 5) is 26.9. The van der Waals surface area contributed by atoms with Crippen LogP contribution < -0.4 is 11.0 Å². The number of aryl methyl sites for hydroxylation is 1. The van der Waals surface area contributed by atoms with Crippen LogP contribution in [0.3, 0.4) is 0 Å². The fourth-order valence-electron chi connectivity index (χ4n) is 1.24. The van der Waals surface area contributed by atoms with Gasteiger partial charge in [-0.25, -0.2) is 14.2 Å². The Morgan fingerprint density at radius 3 is 3.12 bits per heavy atom. The van der Waals surface area contributed by atoms with E-state index in [4.69, 9.17) is 5.26 Å². The summed E-state index contributed by atoms with van der Waals surface area (Å²) < 4.78 is 2.12. The summed E-state index contributed by atoms with van der Waals surface area (Å²) >= 11 is 0. The quantitative estimate of drug-likeness (QED) is 0.604. The maximum Gasteiger partial charge on any atom is 0.352 e. The molecular weight excluding hydrogens is 226 g/mol. The van der Waals surface area contributed by atoms with E-state index in [9.17, 15) is 9.59 Å². The first-order chi connectivity index (χ1) is 8.15. The molecule has 0 spiro atoms. The zero-order valence-electron chi connectivity index (χ0n) is 8.78. The number of amides is 1. The van der Waals surface area contributed by atoms with Gasteiger partial charge in [-0.3, -0.25) is 4.79 Å². The van der Waals surface area contributed by atoms with Gasteiger partial charge in [0, 0.05) is 7.05 Å². The Balaban J connectivity index is 2.51. The van der Waals surface area contributed by atoms with Crippen LogP contribution in [0.2, 0.25) is 0 Å². The highest BCUT2D eigenvalue weighted by Gasteiger charge is 2.16. The molecule has 2 aromatic heterocycles. The van der Waals surface area contributed by atoms with Crippen LogP contribution in [0.25, 0.3) is 5.65 Å². The third-order valence-electron chi connectivity index (χ3n) is 2.04. The van der Waals surface area contributed by atoms with Crippen molar-refractivity contribution in [2.75, 3.05) is 6.54 Å². The van der Waals surface area contributed by atoms with Gasteiger partial charge < -0.3 is 5.32 Å². The largest absolute Gasteiger partial charge is 0.352 e. The lowest BCUT2D eigenvalue weighted by Gasteiger charge is -1.98. The number of nitrogens with one attached hydrogen (secondary N) is 1. The molecule has 2 rings (SSSR count). The lowest BCUT2D eigenvalue weighted by molar-refractivity contribution is 0.0955. The molecule has 0 aliphatic rings. The van der Waals surface area contributed by atoms with Gasteiger partial charge in [-0.2, -0.15) is 9.94 Å². The number of nitrogens with zero attached hydrogens (tertiary/aromatic N) is 6. The van der Waals surface area contributed by atoms with Crippen molar-refractivity contribution in [3.63, 3.8) is 0 Å². The SMILES string of the molecule is Cn1nnc2c(C(=O)NCC#N)ncn2c1=O. The second-order valence-corrected chi connectivity index (χ2v) is 3.12. The minimum atomic E-state index is -0.573. The van der Waals surface area contributed by atoms with E-state index in [1.807, 2.05) is 0 Å². The zero-order chi connectivity index (χ0) is 12.4. The second-order valence-electron chi connectivity index (χ2n) is 3.12. The Labute approximate surface area is 94.3 Å². The highest BCUT2D eigenvalue weighted by molar-refractivity contribution is 5.97. The monoisotopic (exact) mass is 233 g/mol. The molecule has 0 aliphatic heterocycles. The van der Waals surface area contributed by atoms with E-state index in [0.29, 0.717) is 0 Å². The van der Waals surface area contributed by atoms with Crippen LogP contribution in [0.4, 0.5) is 0 Å². The third kappa shape index (κ3) is 1.71. The molecule has 0 saturated heterocycles. The third-order valence-corrected chi connectivity index (χ3v) is 2.04. The van der Waals surface area contributed by atoms with Gasteiger partial charge in [0.15, 0.2) is 11.3 Å². The van der Waals surface area contributed by atoms with Gasteiger partial charge in [0.2, 0.25) is 0 Å². The van der Waals surface area contributed by atoms with Gasteiger partial charge in [0.05, 0.1) is 6.07 Å². The summed E-state index contributed by atoms with van der Waals surface area (Å²) in [7, 11) is 1.43. The van der Waals surface area contributed by atoms with Crippen molar-refractivity contribution in [2.24, 2.45) is 7.05 Å². The summed E-state index contributed by atoms with van der Waals surface area (Å²) in [6.45, 7) is -0.143. The van der Waals surface area contributed by atoms with Crippen molar-refractivity contribution in [1.29, 1.82) is 5.26 Å². The van der Waals surface area contributed by atoms with Gasteiger partial charge in [0.25, 0.3) is 5.91 Å². The fourth-order valence-corrected chi connectivity index (χ4v) is 1.24. The number of imidazole rings is 1. The summed E-state index contributed by atoms with van der Waals surface area (Å²) in [5.74, 6) is -0.573. The summed E-state index contributed by atoms with van der Waals surface area (Å²) in [6, 6.07) is 1.76. The first kappa shape index (κ1) is 10.7. The van der Waals surface area contributed by atoms with Crippen LogP contribution in [-0.2, 0) is 7.05 Å². The molecule has 0 saturated carbocycles. The van der Waals surface area contributed by atoms with Crippen molar-refractivity contribution >= 4 is 11.6 Å². The maximum absolute atomic E-state index is 11.6. The van der Waals surface area contributed by atoms with Gasteiger partial charge >= 0.3 is 5.69 Å². The number of fused-ring (bicyclic) bond motifs is 1. The van der Waals surface area contributed by atoms with Crippen LogP contribution in [-0.4, -0.2) is 36.8 Å². The highest BCUT2D eigenvalue weighted by atomic mass is 16.2. The minimum absolute atomic E-state index is 0.0366. The van der Waals surface area contributed by atoms with Crippen molar-refractivity contribution in [1.82, 2.24) is 29.7 Å². The first-order valence-electron chi connectivity index (χ1n) is 4.57. The van der Waals surface area contributed by atoms with Crippen molar-refractivity contribution in [3.8, 4) is 6.07 Å². The van der Waals surface area contributed by atoms with Crippen LogP contribution >= 0.6 is 0 Å². The zero-order valence-corrected chi connectivity index (χ0v) is 8.78. The average Bonchev–Trinajstić information content (AvgIpc) is 2.75. The predicted molar refractivity (Wildman–Crippen MR) is 54.0 cm³/mol. The van der Waals surface area contributed by atoms with Crippen molar-refractivity contribution in [2.45, 2.75) is 0 Å². The molecule has 1 N–H and O–H groups in total. The number of rotatable bonds is 2. The fraction of sp³-hybridized carbons (Fsp3) is 0.250. The molecular formula is C8H7N7O2. The number of nitriles is 1.